The molecule has 3 fully saturated rings. The van der Waals surface area contributed by atoms with Crippen molar-refractivity contribution in [2.45, 2.75) is 180 Å². The molecule has 2 aromatic carbocycles. The van der Waals surface area contributed by atoms with E-state index in [4.69, 9.17) is 0 Å². The van der Waals surface area contributed by atoms with Crippen molar-refractivity contribution in [2.24, 2.45) is 16.2 Å². The first-order valence-corrected chi connectivity index (χ1v) is 26.4. The van der Waals surface area contributed by atoms with Gasteiger partial charge in [0.05, 0.1) is 24.2 Å². The lowest BCUT2D eigenvalue weighted by Gasteiger charge is -2.36. The van der Waals surface area contributed by atoms with E-state index in [1.807, 2.05) is 77.9 Å². The summed E-state index contributed by atoms with van der Waals surface area (Å²) in [6, 6.07) is 8.83. The molecule has 8 amide bonds. The summed E-state index contributed by atoms with van der Waals surface area (Å²) in [5, 5.41) is 24.2. The highest BCUT2D eigenvalue weighted by Crippen LogP contribution is 2.47. The van der Waals surface area contributed by atoms with Crippen molar-refractivity contribution < 1.29 is 38.4 Å². The number of fused-ring (bicyclic) bond motifs is 2. The first-order chi connectivity index (χ1) is 34.5. The fraction of sp³-hybridized carbons (Fsp3) is 0.636. The van der Waals surface area contributed by atoms with E-state index in [9.17, 15) is 38.4 Å². The Morgan fingerprint density at radius 2 is 0.932 bits per heavy atom. The molecule has 0 aromatic heterocycles. The molecule has 3 aliphatic carbocycles. The number of carbonyl (C=O) groups excluding carboxylic acids is 8. The van der Waals surface area contributed by atoms with Gasteiger partial charge in [-0.2, -0.15) is 0 Å². The molecule has 10 atom stereocenters. The number of nitrogens with one attached hydrogen (secondary N) is 8. The molecule has 0 spiro atoms. The predicted octanol–water partition coefficient (Wildman–Crippen LogP) is 2.60. The van der Waals surface area contributed by atoms with Crippen molar-refractivity contribution in [3.05, 3.63) is 70.8 Å². The molecule has 0 unspecified atom stereocenters. The van der Waals surface area contributed by atoms with Crippen LogP contribution in [0, 0.1) is 16.2 Å². The van der Waals surface area contributed by atoms with Crippen molar-refractivity contribution in [3.8, 4) is 0 Å². The van der Waals surface area contributed by atoms with E-state index in [2.05, 4.69) is 54.7 Å². The molecule has 18 nitrogen and oxygen atoms in total. The van der Waals surface area contributed by atoms with Crippen LogP contribution in [0.4, 0.5) is 0 Å². The van der Waals surface area contributed by atoms with Crippen molar-refractivity contribution in [3.63, 3.8) is 0 Å². The molecular formula is C55H80N10O8. The summed E-state index contributed by atoms with van der Waals surface area (Å²) in [7, 11) is 3.30. The minimum Gasteiger partial charge on any atom is -0.351 e. The number of benzene rings is 2. The van der Waals surface area contributed by atoms with Gasteiger partial charge in [-0.3, -0.25) is 38.4 Å². The molecule has 0 radical (unpaired) electrons. The molecule has 73 heavy (non-hydrogen) atoms. The number of rotatable bonds is 16. The van der Waals surface area contributed by atoms with Crippen LogP contribution < -0.4 is 42.5 Å². The Labute approximate surface area is 430 Å². The molecule has 2 heterocycles. The average Bonchev–Trinajstić information content (AvgIpc) is 3.91. The van der Waals surface area contributed by atoms with Gasteiger partial charge in [-0.05, 0) is 125 Å². The van der Waals surface area contributed by atoms with E-state index in [1.165, 1.54) is 9.80 Å². The molecule has 2 aliphatic heterocycles. The molecule has 8 N–H and O–H groups in total. The number of carbonyl (C=O) groups is 8. The Morgan fingerprint density at radius 3 is 1.27 bits per heavy atom. The van der Waals surface area contributed by atoms with Crippen molar-refractivity contribution in [1.29, 1.82) is 0 Å². The molecule has 2 aromatic rings. The first kappa shape index (κ1) is 54.9. The van der Waals surface area contributed by atoms with Gasteiger partial charge < -0.3 is 52.3 Å². The van der Waals surface area contributed by atoms with Crippen molar-refractivity contribution >= 4 is 47.3 Å². The minimum absolute atomic E-state index is 0.0355. The molecule has 5 aliphatic rings. The summed E-state index contributed by atoms with van der Waals surface area (Å²) < 4.78 is 0. The van der Waals surface area contributed by atoms with Gasteiger partial charge in [-0.25, -0.2) is 0 Å². The highest BCUT2D eigenvalue weighted by molar-refractivity contribution is 6.08. The highest BCUT2D eigenvalue weighted by Gasteiger charge is 2.59. The Balaban J connectivity index is 1.09. The van der Waals surface area contributed by atoms with Gasteiger partial charge in [0.1, 0.15) is 29.6 Å². The lowest BCUT2D eigenvalue weighted by Crippen LogP contribution is -2.60. The monoisotopic (exact) mass is 1010 g/mol. The van der Waals surface area contributed by atoms with Crippen LogP contribution in [0.3, 0.4) is 0 Å². The zero-order valence-electron chi connectivity index (χ0n) is 44.5. The third kappa shape index (κ3) is 12.2. The summed E-state index contributed by atoms with van der Waals surface area (Å²) in [5.41, 5.74) is 1.40. The quantitative estimate of drug-likeness (QED) is 0.115. The fourth-order valence-electron chi connectivity index (χ4n) is 11.0. The molecule has 1 saturated carbocycles. The number of hydrogen-bond donors (Lipinski definition) is 8. The van der Waals surface area contributed by atoms with Crippen LogP contribution >= 0.6 is 0 Å². The predicted molar refractivity (Wildman–Crippen MR) is 276 cm³/mol. The van der Waals surface area contributed by atoms with Crippen LogP contribution in [0.2, 0.25) is 0 Å². The van der Waals surface area contributed by atoms with E-state index in [0.29, 0.717) is 0 Å². The van der Waals surface area contributed by atoms with Crippen LogP contribution in [-0.4, -0.2) is 133 Å². The second kappa shape index (κ2) is 22.3. The molecule has 18 heteroatoms. The van der Waals surface area contributed by atoms with Crippen LogP contribution in [0.15, 0.2) is 48.5 Å². The third-order valence-electron chi connectivity index (χ3n) is 15.9. The summed E-state index contributed by atoms with van der Waals surface area (Å²) >= 11 is 0. The second-order valence-electron chi connectivity index (χ2n) is 23.3. The van der Waals surface area contributed by atoms with Crippen molar-refractivity contribution in [1.82, 2.24) is 52.3 Å². The lowest BCUT2D eigenvalue weighted by atomic mass is 9.85. The molecular weight excluding hydrogens is 929 g/mol. The highest BCUT2D eigenvalue weighted by atomic mass is 16.2. The van der Waals surface area contributed by atoms with Gasteiger partial charge in [-0.1, -0.05) is 90.1 Å². The van der Waals surface area contributed by atoms with Gasteiger partial charge in [0.15, 0.2) is 0 Å². The maximum Gasteiger partial charge on any atom is 0.246 e. The fourth-order valence-corrected chi connectivity index (χ4v) is 11.0. The van der Waals surface area contributed by atoms with E-state index < -0.39 is 88.2 Å². The average molecular weight is 1010 g/mol. The van der Waals surface area contributed by atoms with Gasteiger partial charge >= 0.3 is 0 Å². The SMILES string of the molecule is CN[C@@H](C)C(=O)N[C@H](C(=O)N1C[C@@H](NC(=O)C2(C(=O)N[C@H]3C[C@@H](C(=O)N[C@@H]4CCCc5ccccc54)N(C(=O)[C@@H](NC(=O)[C@H](C)NC)C(C)(C)C)C3)CC2)C[C@H]1C(=O)N[C@@H]1CCCc2ccccc21)C(C)(C)C. The maximum atomic E-state index is 14.7. The summed E-state index contributed by atoms with van der Waals surface area (Å²) in [6.45, 7) is 14.4. The number of amides is 8. The van der Waals surface area contributed by atoms with E-state index in [0.717, 1.165) is 60.8 Å². The van der Waals surface area contributed by atoms with Gasteiger partial charge in [0.2, 0.25) is 47.3 Å². The largest absolute Gasteiger partial charge is 0.351 e. The lowest BCUT2D eigenvalue weighted by molar-refractivity contribution is -0.144. The van der Waals surface area contributed by atoms with E-state index in [1.54, 1.807) is 27.9 Å². The first-order valence-electron chi connectivity index (χ1n) is 26.4. The number of likely N-dealkylation sites (N-methyl/N-ethyl adjacent to an activating group) is 2. The van der Waals surface area contributed by atoms with Crippen molar-refractivity contribution in [2.75, 3.05) is 27.2 Å². The Hall–Kier alpha value is -5.88. The number of aryl methyl sites for hydroxylation is 2. The minimum atomic E-state index is -1.46. The second-order valence-corrected chi connectivity index (χ2v) is 23.3. The maximum absolute atomic E-state index is 14.7. The zero-order valence-corrected chi connectivity index (χ0v) is 44.5. The normalized spacial score (nSPS) is 24.8. The van der Waals surface area contributed by atoms with Crippen LogP contribution in [0.25, 0.3) is 0 Å². The standard InChI is InChI=1S/C55H80N10O8/c1-31(56-9)45(66)62-43(53(3,4)5)49(70)64-29-35(27-41(64)47(68)60-39-23-15-19-33-17-11-13-21-37(33)39)58-51(72)55(25-26-55)52(73)59-36-28-42(48(69)61-40-24-16-20-34-18-12-14-22-38(34)40)65(30-36)50(71)44(54(6,7)8)63-46(67)32(2)57-10/h11-14,17-18,21-22,31-32,35-36,39-44,56-57H,15-16,19-20,23-30H2,1-10H3,(H,58,72)(H,59,73)(H,60,68)(H,61,69)(H,62,66)(H,63,67)/t31-,32-,35-,36-,39+,40+,41-,42-,43+,44+/m0/s1. The Kier molecular flexibility index (Phi) is 16.8. The topological polar surface area (TPSA) is 239 Å². The molecule has 398 valence electrons. The van der Waals surface area contributed by atoms with Crippen LogP contribution in [0.5, 0.6) is 0 Å². The van der Waals surface area contributed by atoms with E-state index in [-0.39, 0.29) is 74.5 Å². The number of hydrogen-bond acceptors (Lipinski definition) is 10. The number of likely N-dealkylation sites (tertiary alicyclic amines) is 2. The molecule has 7 rings (SSSR count). The van der Waals surface area contributed by atoms with Crippen LogP contribution in [0.1, 0.15) is 141 Å². The Bertz CT molecular complexity index is 2270. The van der Waals surface area contributed by atoms with Gasteiger partial charge in [0, 0.05) is 25.2 Å². The van der Waals surface area contributed by atoms with E-state index >= 15 is 0 Å². The molecule has 0 bridgehead atoms. The van der Waals surface area contributed by atoms with Crippen LogP contribution in [-0.2, 0) is 51.2 Å². The summed E-state index contributed by atoms with van der Waals surface area (Å²) in [5.74, 6) is -3.50. The van der Waals surface area contributed by atoms with Gasteiger partial charge in [0.25, 0.3) is 0 Å². The summed E-state index contributed by atoms with van der Waals surface area (Å²) in [6.07, 6.45) is 5.64. The Morgan fingerprint density at radius 1 is 0.562 bits per heavy atom. The summed E-state index contributed by atoms with van der Waals surface area (Å²) in [4.78, 5) is 117. The van der Waals surface area contributed by atoms with Gasteiger partial charge in [-0.15, -0.1) is 0 Å². The molecule has 2 saturated heterocycles. The zero-order chi connectivity index (χ0) is 53.2. The number of nitrogens with zero attached hydrogens (tertiary/aromatic N) is 2. The third-order valence-corrected chi connectivity index (χ3v) is 15.9. The smallest absolute Gasteiger partial charge is 0.246 e.